The monoisotopic (exact) mass is 405 g/mol. The molecule has 0 radical (unpaired) electrons. The number of aryl methyl sites for hydroxylation is 1. The highest BCUT2D eigenvalue weighted by Crippen LogP contribution is 2.35. The lowest BCUT2D eigenvalue weighted by Gasteiger charge is -2.34. The van der Waals surface area contributed by atoms with Gasteiger partial charge in [0, 0.05) is 26.2 Å². The summed E-state index contributed by atoms with van der Waals surface area (Å²) in [5.74, 6) is -0.0153. The van der Waals surface area contributed by atoms with Gasteiger partial charge in [-0.25, -0.2) is 4.98 Å². The number of carbonyl (C=O) groups is 1. The van der Waals surface area contributed by atoms with Crippen LogP contribution in [0.4, 0.5) is 5.13 Å². The first-order valence-electron chi connectivity index (χ1n) is 8.39. The quantitative estimate of drug-likeness (QED) is 0.609. The van der Waals surface area contributed by atoms with E-state index in [-0.39, 0.29) is 5.91 Å². The number of aromatic nitrogens is 1. The molecule has 1 fully saturated rings. The standard InChI is InChI=1S/C19H17Cl2N3OS/c1-12-6-7-15(21)17-16(12)22-19(26-17)24-10-8-23(9-11-24)18(25)13-4-2-3-5-14(13)20/h2-7H,8-11H2,1H3. The number of nitrogens with zero attached hydrogens (tertiary/aromatic N) is 3. The molecule has 3 aromatic rings. The number of piperazine rings is 1. The summed E-state index contributed by atoms with van der Waals surface area (Å²) < 4.78 is 1.02. The Labute approximate surface area is 166 Å². The Morgan fingerprint density at radius 3 is 2.46 bits per heavy atom. The van der Waals surface area contributed by atoms with Crippen molar-refractivity contribution in [1.82, 2.24) is 9.88 Å². The van der Waals surface area contributed by atoms with Gasteiger partial charge in [-0.15, -0.1) is 0 Å². The van der Waals surface area contributed by atoms with E-state index < -0.39 is 0 Å². The summed E-state index contributed by atoms with van der Waals surface area (Å²) in [5.41, 5.74) is 2.65. The van der Waals surface area contributed by atoms with Crippen LogP contribution in [0.1, 0.15) is 15.9 Å². The molecule has 0 saturated carbocycles. The van der Waals surface area contributed by atoms with Crippen molar-refractivity contribution in [3.8, 4) is 0 Å². The van der Waals surface area contributed by atoms with Crippen molar-refractivity contribution >= 4 is 55.8 Å². The van der Waals surface area contributed by atoms with Gasteiger partial charge in [0.05, 0.1) is 25.8 Å². The van der Waals surface area contributed by atoms with Crippen molar-refractivity contribution in [3.63, 3.8) is 0 Å². The van der Waals surface area contributed by atoms with Crippen molar-refractivity contribution < 1.29 is 4.79 Å². The molecule has 1 amide bonds. The third-order valence-electron chi connectivity index (χ3n) is 4.63. The Bertz CT molecular complexity index is 941. The maximum absolute atomic E-state index is 12.7. The molecule has 0 spiro atoms. The van der Waals surface area contributed by atoms with Gasteiger partial charge >= 0.3 is 0 Å². The third kappa shape index (κ3) is 3.15. The van der Waals surface area contributed by atoms with Crippen LogP contribution in [0, 0.1) is 6.92 Å². The number of rotatable bonds is 2. The van der Waals surface area contributed by atoms with Gasteiger partial charge in [0.15, 0.2) is 5.13 Å². The Balaban J connectivity index is 1.50. The summed E-state index contributed by atoms with van der Waals surface area (Å²) in [5, 5.41) is 2.19. The lowest BCUT2D eigenvalue weighted by molar-refractivity contribution is 0.0747. The topological polar surface area (TPSA) is 36.4 Å². The number of halogens is 2. The summed E-state index contributed by atoms with van der Waals surface area (Å²) in [6, 6.07) is 11.1. The zero-order valence-corrected chi connectivity index (χ0v) is 16.5. The number of hydrogen-bond donors (Lipinski definition) is 0. The molecule has 1 saturated heterocycles. The van der Waals surface area contributed by atoms with Crippen molar-refractivity contribution in [2.24, 2.45) is 0 Å². The summed E-state index contributed by atoms with van der Waals surface area (Å²) in [6.07, 6.45) is 0. The predicted molar refractivity (Wildman–Crippen MR) is 109 cm³/mol. The fraction of sp³-hybridized carbons (Fsp3) is 0.263. The Morgan fingerprint density at radius 2 is 1.77 bits per heavy atom. The minimum atomic E-state index is -0.0153. The average Bonchev–Trinajstić information content (AvgIpc) is 3.12. The van der Waals surface area contributed by atoms with E-state index in [2.05, 4.69) is 4.90 Å². The second-order valence-electron chi connectivity index (χ2n) is 6.30. The van der Waals surface area contributed by atoms with E-state index in [0.717, 1.165) is 39.0 Å². The van der Waals surface area contributed by atoms with Gasteiger partial charge in [-0.05, 0) is 30.7 Å². The van der Waals surface area contributed by atoms with Gasteiger partial charge in [-0.2, -0.15) is 0 Å². The largest absolute Gasteiger partial charge is 0.345 e. The molecule has 2 heterocycles. The zero-order chi connectivity index (χ0) is 18.3. The minimum absolute atomic E-state index is 0.0153. The second-order valence-corrected chi connectivity index (χ2v) is 8.09. The molecular formula is C19H17Cl2N3OS. The van der Waals surface area contributed by atoms with Gasteiger partial charge in [-0.3, -0.25) is 4.79 Å². The molecule has 1 aliphatic rings. The highest BCUT2D eigenvalue weighted by Gasteiger charge is 2.25. The highest BCUT2D eigenvalue weighted by atomic mass is 35.5. The first-order chi connectivity index (χ1) is 12.5. The van der Waals surface area contributed by atoms with Crippen molar-refractivity contribution in [1.29, 1.82) is 0 Å². The van der Waals surface area contributed by atoms with Crippen molar-refractivity contribution in [2.75, 3.05) is 31.1 Å². The third-order valence-corrected chi connectivity index (χ3v) is 6.53. The number of benzene rings is 2. The van der Waals surface area contributed by atoms with Crippen LogP contribution in [0.2, 0.25) is 10.0 Å². The van der Waals surface area contributed by atoms with Crippen molar-refractivity contribution in [2.45, 2.75) is 6.92 Å². The molecule has 0 aliphatic carbocycles. The molecule has 2 aromatic carbocycles. The lowest BCUT2D eigenvalue weighted by Crippen LogP contribution is -2.48. The number of anilines is 1. The van der Waals surface area contributed by atoms with Crippen LogP contribution in [0.15, 0.2) is 36.4 Å². The average molecular weight is 406 g/mol. The van der Waals surface area contributed by atoms with E-state index in [9.17, 15) is 4.79 Å². The first kappa shape index (κ1) is 17.6. The van der Waals surface area contributed by atoms with E-state index in [4.69, 9.17) is 28.2 Å². The predicted octanol–water partition coefficient (Wildman–Crippen LogP) is 4.87. The van der Waals surface area contributed by atoms with Crippen LogP contribution >= 0.6 is 34.5 Å². The highest BCUT2D eigenvalue weighted by molar-refractivity contribution is 7.22. The molecule has 0 bridgehead atoms. The number of thiazole rings is 1. The summed E-state index contributed by atoms with van der Waals surface area (Å²) in [7, 11) is 0. The molecule has 4 rings (SSSR count). The van der Waals surface area contributed by atoms with E-state index in [1.807, 2.05) is 36.1 Å². The number of carbonyl (C=O) groups excluding carboxylic acids is 1. The minimum Gasteiger partial charge on any atom is -0.345 e. The van der Waals surface area contributed by atoms with Gasteiger partial charge < -0.3 is 9.80 Å². The van der Waals surface area contributed by atoms with Gasteiger partial charge in [0.2, 0.25) is 0 Å². The van der Waals surface area contributed by atoms with Crippen LogP contribution in [0.5, 0.6) is 0 Å². The number of fused-ring (bicyclic) bond motifs is 1. The van der Waals surface area contributed by atoms with E-state index in [1.54, 1.807) is 23.5 Å². The van der Waals surface area contributed by atoms with Gasteiger partial charge in [0.1, 0.15) is 0 Å². The van der Waals surface area contributed by atoms with E-state index >= 15 is 0 Å². The molecule has 4 nitrogen and oxygen atoms in total. The molecule has 0 N–H and O–H groups in total. The maximum Gasteiger partial charge on any atom is 0.255 e. The van der Waals surface area contributed by atoms with Gasteiger partial charge in [-0.1, -0.05) is 52.7 Å². The number of hydrogen-bond acceptors (Lipinski definition) is 4. The molecule has 1 aromatic heterocycles. The first-order valence-corrected chi connectivity index (χ1v) is 9.96. The fourth-order valence-electron chi connectivity index (χ4n) is 3.13. The molecule has 0 unspecified atom stereocenters. The summed E-state index contributed by atoms with van der Waals surface area (Å²) in [6.45, 7) is 4.82. The fourth-order valence-corrected chi connectivity index (χ4v) is 4.72. The SMILES string of the molecule is Cc1ccc(Cl)c2sc(N3CCN(C(=O)c4ccccc4Cl)CC3)nc12. The molecule has 1 aliphatic heterocycles. The molecule has 26 heavy (non-hydrogen) atoms. The Kier molecular flexibility index (Phi) is 4.78. The lowest BCUT2D eigenvalue weighted by atomic mass is 10.2. The van der Waals surface area contributed by atoms with Crippen molar-refractivity contribution in [3.05, 3.63) is 57.6 Å². The Morgan fingerprint density at radius 1 is 1.04 bits per heavy atom. The zero-order valence-electron chi connectivity index (χ0n) is 14.2. The second kappa shape index (κ2) is 7.06. The molecule has 7 heteroatoms. The smallest absolute Gasteiger partial charge is 0.255 e. The summed E-state index contributed by atoms with van der Waals surface area (Å²) >= 11 is 14.1. The van der Waals surface area contributed by atoms with Crippen LogP contribution in [0.3, 0.4) is 0 Å². The number of amides is 1. The summed E-state index contributed by atoms with van der Waals surface area (Å²) in [4.78, 5) is 21.5. The maximum atomic E-state index is 12.7. The van der Waals surface area contributed by atoms with Crippen LogP contribution < -0.4 is 4.90 Å². The van der Waals surface area contributed by atoms with Crippen LogP contribution in [-0.2, 0) is 0 Å². The van der Waals surface area contributed by atoms with E-state index in [1.165, 1.54) is 0 Å². The van der Waals surface area contributed by atoms with Crippen LogP contribution in [0.25, 0.3) is 10.2 Å². The molecular weight excluding hydrogens is 389 g/mol. The normalized spacial score (nSPS) is 14.9. The van der Waals surface area contributed by atoms with Crippen LogP contribution in [-0.4, -0.2) is 42.0 Å². The molecule has 134 valence electrons. The Hall–Kier alpha value is -1.82. The van der Waals surface area contributed by atoms with E-state index in [0.29, 0.717) is 23.7 Å². The van der Waals surface area contributed by atoms with Gasteiger partial charge in [0.25, 0.3) is 5.91 Å². The molecule has 0 atom stereocenters.